The van der Waals surface area contributed by atoms with Crippen molar-refractivity contribution in [1.29, 1.82) is 0 Å². The van der Waals surface area contributed by atoms with Crippen LogP contribution < -0.4 is 9.46 Å². The number of thiol groups is 1. The highest BCUT2D eigenvalue weighted by atomic mass is 32.2. The normalized spacial score (nSPS) is 14.0. The molecule has 0 saturated carbocycles. The number of pyridine rings is 1. The Hall–Kier alpha value is -3.14. The molecule has 1 N–H and O–H groups in total. The number of hydrogen-bond donors (Lipinski definition) is 2. The summed E-state index contributed by atoms with van der Waals surface area (Å²) >= 11 is 0. The van der Waals surface area contributed by atoms with Crippen LogP contribution >= 0.6 is 0 Å². The average molecular weight is 418 g/mol. The number of nitrogens with zero attached hydrogens (tertiary/aromatic N) is 3. The fourth-order valence-corrected chi connectivity index (χ4v) is 3.60. The van der Waals surface area contributed by atoms with Gasteiger partial charge >= 0.3 is 0 Å². The number of anilines is 1. The highest BCUT2D eigenvalue weighted by Crippen LogP contribution is 2.19. The first-order chi connectivity index (χ1) is 13.9. The van der Waals surface area contributed by atoms with E-state index in [0.29, 0.717) is 54.4 Å². The van der Waals surface area contributed by atoms with E-state index in [2.05, 4.69) is 9.71 Å². The zero-order chi connectivity index (χ0) is 21.0. The predicted molar refractivity (Wildman–Crippen MR) is 108 cm³/mol. The highest BCUT2D eigenvalue weighted by Gasteiger charge is 2.26. The van der Waals surface area contributed by atoms with Gasteiger partial charge in [-0.2, -0.15) is 0 Å². The molecular formula is C19H22N4O5S. The lowest BCUT2D eigenvalue weighted by atomic mass is 10.1. The minimum Gasteiger partial charge on any atom is -0.481 e. The molecule has 1 fully saturated rings. The van der Waals surface area contributed by atoms with Gasteiger partial charge in [-0.1, -0.05) is 0 Å². The number of methoxy groups -OCH3 is 1. The van der Waals surface area contributed by atoms with Gasteiger partial charge in [0.2, 0.25) is 16.8 Å². The van der Waals surface area contributed by atoms with Crippen molar-refractivity contribution in [3.63, 3.8) is 0 Å². The number of piperazine rings is 1. The van der Waals surface area contributed by atoms with E-state index >= 15 is 0 Å². The Bertz CT molecular complexity index is 992. The molecule has 0 aliphatic carbocycles. The molecule has 154 valence electrons. The van der Waals surface area contributed by atoms with E-state index in [9.17, 15) is 18.0 Å². The van der Waals surface area contributed by atoms with E-state index in [1.165, 1.54) is 13.3 Å². The first kappa shape index (κ1) is 20.6. The summed E-state index contributed by atoms with van der Waals surface area (Å²) in [5.74, 6) is 0.0964. The molecule has 0 spiro atoms. The number of aryl methyl sites for hydroxylation is 1. The number of rotatable bonds is 5. The SMILES string of the molecule is COc1cc(C(=O)N2CCN(C(=O)c3ccc(N[SH](=O)=O)c(C)c3)CC2)ccn1. The number of hydrogen-bond acceptors (Lipinski definition) is 6. The standard InChI is InChI=1S/C19H22N4O5S/c1-13-11-14(3-4-16(13)21-29(26)27)18(24)22-7-9-23(10-8-22)19(25)15-5-6-20-17(12-15)28-2/h3-6,11-12,29H,7-10H2,1-2H3,(H,21,26,27). The third kappa shape index (κ3) is 4.83. The van der Waals surface area contributed by atoms with E-state index < -0.39 is 10.9 Å². The summed E-state index contributed by atoms with van der Waals surface area (Å²) in [6, 6.07) is 8.05. The second-order valence-corrected chi connectivity index (χ2v) is 7.31. The molecule has 1 aromatic heterocycles. The van der Waals surface area contributed by atoms with Crippen LogP contribution in [0.5, 0.6) is 5.88 Å². The summed E-state index contributed by atoms with van der Waals surface area (Å²) < 4.78 is 29.0. The zero-order valence-corrected chi connectivity index (χ0v) is 17.0. The molecule has 1 aliphatic rings. The van der Waals surface area contributed by atoms with Crippen molar-refractivity contribution in [3.05, 3.63) is 53.2 Å². The Morgan fingerprint density at radius 2 is 1.59 bits per heavy atom. The minimum absolute atomic E-state index is 0.129. The number of ether oxygens (including phenoxy) is 1. The molecule has 10 heteroatoms. The molecule has 3 rings (SSSR count). The van der Waals surface area contributed by atoms with Crippen LogP contribution in [0, 0.1) is 6.92 Å². The fourth-order valence-electron chi connectivity index (χ4n) is 3.15. The minimum atomic E-state index is -2.76. The van der Waals surface area contributed by atoms with Crippen LogP contribution in [0.2, 0.25) is 0 Å². The van der Waals surface area contributed by atoms with E-state index in [1.807, 2.05) is 0 Å². The summed E-state index contributed by atoms with van der Waals surface area (Å²) in [5.41, 5.74) is 2.08. The molecule has 0 unspecified atom stereocenters. The second-order valence-electron chi connectivity index (χ2n) is 6.57. The molecule has 2 heterocycles. The van der Waals surface area contributed by atoms with Gasteiger partial charge < -0.3 is 14.5 Å². The average Bonchev–Trinajstić information content (AvgIpc) is 2.74. The Kier molecular flexibility index (Phi) is 6.32. The molecule has 1 aromatic carbocycles. The van der Waals surface area contributed by atoms with Gasteiger partial charge in [-0.25, -0.2) is 13.4 Å². The molecule has 0 bridgehead atoms. The fraction of sp³-hybridized carbons (Fsp3) is 0.316. The van der Waals surface area contributed by atoms with Gasteiger partial charge in [0.15, 0.2) is 0 Å². The maximum Gasteiger partial charge on any atom is 0.254 e. The molecule has 29 heavy (non-hydrogen) atoms. The quantitative estimate of drug-likeness (QED) is 0.700. The lowest BCUT2D eigenvalue weighted by molar-refractivity contribution is 0.0535. The number of carbonyl (C=O) groups is 2. The van der Waals surface area contributed by atoms with Crippen LogP contribution in [-0.4, -0.2) is 68.3 Å². The smallest absolute Gasteiger partial charge is 0.254 e. The van der Waals surface area contributed by atoms with Gasteiger partial charge in [-0.3, -0.25) is 14.3 Å². The predicted octanol–water partition coefficient (Wildman–Crippen LogP) is 0.935. The monoisotopic (exact) mass is 418 g/mol. The number of nitrogens with one attached hydrogen (secondary N) is 1. The summed E-state index contributed by atoms with van der Waals surface area (Å²) in [4.78, 5) is 32.8. The van der Waals surface area contributed by atoms with Gasteiger partial charge in [-0.05, 0) is 36.8 Å². The lowest BCUT2D eigenvalue weighted by Gasteiger charge is -2.35. The van der Waals surface area contributed by atoms with Crippen molar-refractivity contribution in [2.45, 2.75) is 6.92 Å². The zero-order valence-electron chi connectivity index (χ0n) is 16.1. The van der Waals surface area contributed by atoms with Gasteiger partial charge in [0.25, 0.3) is 11.8 Å². The number of carbonyl (C=O) groups excluding carboxylic acids is 2. The van der Waals surface area contributed by atoms with Crippen molar-refractivity contribution in [2.75, 3.05) is 38.0 Å². The van der Waals surface area contributed by atoms with E-state index in [1.54, 1.807) is 47.1 Å². The molecule has 9 nitrogen and oxygen atoms in total. The van der Waals surface area contributed by atoms with Crippen LogP contribution in [0.1, 0.15) is 26.3 Å². The first-order valence-corrected chi connectivity index (χ1v) is 10.2. The Balaban J connectivity index is 1.63. The Labute approximate surface area is 170 Å². The van der Waals surface area contributed by atoms with E-state index in [4.69, 9.17) is 4.74 Å². The topological polar surface area (TPSA) is 109 Å². The van der Waals surface area contributed by atoms with E-state index in [0.717, 1.165) is 0 Å². The van der Waals surface area contributed by atoms with Crippen molar-refractivity contribution in [2.24, 2.45) is 0 Å². The van der Waals surface area contributed by atoms with Gasteiger partial charge in [0.05, 0.1) is 12.8 Å². The van der Waals surface area contributed by atoms with Crippen LogP contribution in [0.3, 0.4) is 0 Å². The molecule has 2 amide bonds. The molecule has 0 radical (unpaired) electrons. The number of benzene rings is 1. The third-order valence-corrected chi connectivity index (χ3v) is 5.15. The molecule has 1 saturated heterocycles. The van der Waals surface area contributed by atoms with Crippen molar-refractivity contribution in [1.82, 2.24) is 14.8 Å². The number of aromatic nitrogens is 1. The van der Waals surface area contributed by atoms with Crippen LogP contribution in [0.15, 0.2) is 36.5 Å². The summed E-state index contributed by atoms with van der Waals surface area (Å²) in [7, 11) is -1.27. The Morgan fingerprint density at radius 1 is 1.00 bits per heavy atom. The van der Waals surface area contributed by atoms with Crippen molar-refractivity contribution in [3.8, 4) is 5.88 Å². The first-order valence-electron chi connectivity index (χ1n) is 8.99. The summed E-state index contributed by atoms with van der Waals surface area (Å²) in [6.07, 6.45) is 1.52. The largest absolute Gasteiger partial charge is 0.481 e. The van der Waals surface area contributed by atoms with Crippen molar-refractivity contribution >= 4 is 28.4 Å². The van der Waals surface area contributed by atoms with Gasteiger partial charge in [-0.15, -0.1) is 0 Å². The third-order valence-electron chi connectivity index (χ3n) is 4.73. The summed E-state index contributed by atoms with van der Waals surface area (Å²) in [5, 5.41) is 0. The number of amides is 2. The highest BCUT2D eigenvalue weighted by molar-refractivity contribution is 7.73. The van der Waals surface area contributed by atoms with E-state index in [-0.39, 0.29) is 11.8 Å². The second kappa shape index (κ2) is 8.91. The van der Waals surface area contributed by atoms with Crippen LogP contribution in [0.25, 0.3) is 0 Å². The van der Waals surface area contributed by atoms with Crippen molar-refractivity contribution < 1.29 is 22.7 Å². The van der Waals surface area contributed by atoms with Crippen LogP contribution in [0.4, 0.5) is 5.69 Å². The molecule has 0 atom stereocenters. The molecule has 2 aromatic rings. The Morgan fingerprint density at radius 3 is 2.10 bits per heavy atom. The maximum atomic E-state index is 12.8. The molecule has 1 aliphatic heterocycles. The van der Waals surface area contributed by atoms with Gasteiger partial charge in [0.1, 0.15) is 0 Å². The lowest BCUT2D eigenvalue weighted by Crippen LogP contribution is -2.50. The van der Waals surface area contributed by atoms with Crippen LogP contribution in [-0.2, 0) is 10.9 Å². The van der Waals surface area contributed by atoms with Gasteiger partial charge in [0, 0.05) is 49.6 Å². The summed E-state index contributed by atoms with van der Waals surface area (Å²) in [6.45, 7) is 3.41. The molecular weight excluding hydrogens is 396 g/mol. The maximum absolute atomic E-state index is 12.8.